The molecule has 0 N–H and O–H groups in total. The van der Waals surface area contributed by atoms with Gasteiger partial charge in [-0.25, -0.2) is 4.98 Å². The summed E-state index contributed by atoms with van der Waals surface area (Å²) < 4.78 is 12.6. The number of hydrogen-bond donors (Lipinski definition) is 0. The zero-order chi connectivity index (χ0) is 22.6. The van der Waals surface area contributed by atoms with Crippen LogP contribution in [-0.4, -0.2) is 42.1 Å². The molecule has 4 aromatic rings. The van der Waals surface area contributed by atoms with E-state index in [1.807, 2.05) is 83.8 Å². The van der Waals surface area contributed by atoms with Crippen molar-refractivity contribution in [3.63, 3.8) is 0 Å². The fraction of sp³-hybridized carbons (Fsp3) is 0.259. The Labute approximate surface area is 197 Å². The molecule has 0 saturated carbocycles. The van der Waals surface area contributed by atoms with Crippen LogP contribution >= 0.6 is 11.3 Å². The number of aromatic nitrogens is 1. The number of amides is 1. The van der Waals surface area contributed by atoms with E-state index < -0.39 is 0 Å². The summed E-state index contributed by atoms with van der Waals surface area (Å²) >= 11 is 1.55. The van der Waals surface area contributed by atoms with Crippen LogP contribution in [0.3, 0.4) is 0 Å². The molecule has 168 valence electrons. The first-order valence-electron chi connectivity index (χ1n) is 11.2. The Bertz CT molecular complexity index is 1180. The zero-order valence-corrected chi connectivity index (χ0v) is 19.3. The number of ether oxygens (including phenoxy) is 2. The van der Waals surface area contributed by atoms with Gasteiger partial charge in [-0.15, -0.1) is 0 Å². The molecule has 1 aliphatic heterocycles. The number of fused-ring (bicyclic) bond motifs is 1. The molecule has 6 heteroatoms. The Balaban J connectivity index is 1.26. The lowest BCUT2D eigenvalue weighted by atomic mass is 9.89. The van der Waals surface area contributed by atoms with Crippen LogP contribution in [0.5, 0.6) is 10.9 Å². The number of nitrogens with zero attached hydrogens (tertiary/aromatic N) is 2. The van der Waals surface area contributed by atoms with Gasteiger partial charge in [0, 0.05) is 32.0 Å². The average molecular weight is 459 g/mol. The molecule has 1 amide bonds. The first-order valence-corrected chi connectivity index (χ1v) is 12.0. The van der Waals surface area contributed by atoms with Crippen LogP contribution in [-0.2, 0) is 4.79 Å². The summed E-state index contributed by atoms with van der Waals surface area (Å²) in [5, 5.41) is 0.675. The molecule has 0 atom stereocenters. The van der Waals surface area contributed by atoms with Crippen LogP contribution in [0.4, 0.5) is 0 Å². The van der Waals surface area contributed by atoms with Gasteiger partial charge in [0.05, 0.1) is 23.2 Å². The number of thiazole rings is 1. The van der Waals surface area contributed by atoms with Crippen molar-refractivity contribution in [3.8, 4) is 10.9 Å². The van der Waals surface area contributed by atoms with Crippen LogP contribution in [0.2, 0.25) is 0 Å². The third-order valence-electron chi connectivity index (χ3n) is 6.11. The van der Waals surface area contributed by atoms with E-state index in [9.17, 15) is 4.79 Å². The average Bonchev–Trinajstić information content (AvgIpc) is 3.27. The predicted octanol–water partition coefficient (Wildman–Crippen LogP) is 5.51. The molecule has 0 radical (unpaired) electrons. The normalized spacial score (nSPS) is 14.5. The maximum absolute atomic E-state index is 13.6. The maximum Gasteiger partial charge on any atom is 0.274 e. The molecule has 5 rings (SSSR count). The number of likely N-dealkylation sites (tertiary alicyclic amines) is 1. The topological polar surface area (TPSA) is 51.7 Å². The highest BCUT2D eigenvalue weighted by atomic mass is 32.1. The lowest BCUT2D eigenvalue weighted by Crippen LogP contribution is -2.44. The minimum atomic E-state index is -0.288. The Morgan fingerprint density at radius 1 is 0.970 bits per heavy atom. The van der Waals surface area contributed by atoms with Gasteiger partial charge >= 0.3 is 0 Å². The van der Waals surface area contributed by atoms with Gasteiger partial charge in [0.15, 0.2) is 0 Å². The summed E-state index contributed by atoms with van der Waals surface area (Å²) in [6, 6.07) is 25.9. The molecular formula is C27H26N2O3S. The summed E-state index contributed by atoms with van der Waals surface area (Å²) in [6.07, 6.45) is 1.64. The molecule has 3 aromatic carbocycles. The number of carbonyl (C=O) groups is 1. The van der Waals surface area contributed by atoms with Gasteiger partial charge in [0.25, 0.3) is 5.19 Å². The molecule has 1 saturated heterocycles. The van der Waals surface area contributed by atoms with Gasteiger partial charge in [0.1, 0.15) is 11.9 Å². The quantitative estimate of drug-likeness (QED) is 0.382. The second-order valence-corrected chi connectivity index (χ2v) is 9.20. The summed E-state index contributed by atoms with van der Waals surface area (Å²) in [5.74, 6) is 0.652. The van der Waals surface area contributed by atoms with Gasteiger partial charge in [-0.05, 0) is 23.3 Å². The predicted molar refractivity (Wildman–Crippen MR) is 131 cm³/mol. The summed E-state index contributed by atoms with van der Waals surface area (Å²) in [7, 11) is 1.65. The standard InChI is InChI=1S/C27H26N2O3S/c1-31-22-12-13-24-23(18-22)28-27(33-24)32-21-14-16-29(17-15-21)26(30)25(19-8-4-2-5-9-19)20-10-6-3-7-11-20/h2-13,18,21,25H,14-17H2,1H3. The summed E-state index contributed by atoms with van der Waals surface area (Å²) in [6.45, 7) is 1.36. The number of piperidine rings is 1. The highest BCUT2D eigenvalue weighted by Crippen LogP contribution is 2.33. The third kappa shape index (κ3) is 4.71. The molecule has 2 heterocycles. The smallest absolute Gasteiger partial charge is 0.274 e. The van der Waals surface area contributed by atoms with E-state index >= 15 is 0 Å². The molecule has 1 aliphatic rings. The lowest BCUT2D eigenvalue weighted by Gasteiger charge is -2.34. The monoisotopic (exact) mass is 458 g/mol. The second kappa shape index (κ2) is 9.63. The molecule has 5 nitrogen and oxygen atoms in total. The number of methoxy groups -OCH3 is 1. The van der Waals surface area contributed by atoms with E-state index in [1.165, 1.54) is 0 Å². The number of hydrogen-bond acceptors (Lipinski definition) is 5. The Hall–Kier alpha value is -3.38. The van der Waals surface area contributed by atoms with Gasteiger partial charge in [-0.1, -0.05) is 72.0 Å². The van der Waals surface area contributed by atoms with E-state index in [2.05, 4.69) is 4.98 Å². The van der Waals surface area contributed by atoms with Crippen molar-refractivity contribution in [3.05, 3.63) is 90.0 Å². The SMILES string of the molecule is COc1ccc2sc(OC3CCN(C(=O)C(c4ccccc4)c4ccccc4)CC3)nc2c1. The second-order valence-electron chi connectivity index (χ2n) is 8.21. The highest BCUT2D eigenvalue weighted by molar-refractivity contribution is 7.20. The van der Waals surface area contributed by atoms with Gasteiger partial charge in [-0.3, -0.25) is 4.79 Å². The first kappa shape index (κ1) is 21.5. The lowest BCUT2D eigenvalue weighted by molar-refractivity contribution is -0.133. The molecular weight excluding hydrogens is 432 g/mol. The number of rotatable bonds is 6. The molecule has 33 heavy (non-hydrogen) atoms. The van der Waals surface area contributed by atoms with Crippen molar-refractivity contribution in [2.75, 3.05) is 20.2 Å². The third-order valence-corrected chi connectivity index (χ3v) is 7.04. The number of carbonyl (C=O) groups excluding carboxylic acids is 1. The van der Waals surface area contributed by atoms with E-state index in [0.29, 0.717) is 18.3 Å². The molecule has 0 bridgehead atoms. The largest absolute Gasteiger partial charge is 0.497 e. The van der Waals surface area contributed by atoms with Crippen LogP contribution in [0.1, 0.15) is 29.9 Å². The summed E-state index contributed by atoms with van der Waals surface area (Å²) in [4.78, 5) is 20.2. The van der Waals surface area contributed by atoms with Gasteiger partial charge < -0.3 is 14.4 Å². The van der Waals surface area contributed by atoms with E-state index in [1.54, 1.807) is 18.4 Å². The minimum Gasteiger partial charge on any atom is -0.497 e. The van der Waals surface area contributed by atoms with E-state index in [0.717, 1.165) is 39.9 Å². The van der Waals surface area contributed by atoms with Crippen molar-refractivity contribution >= 4 is 27.5 Å². The molecule has 0 spiro atoms. The van der Waals surface area contributed by atoms with Crippen molar-refractivity contribution < 1.29 is 14.3 Å². The van der Waals surface area contributed by atoms with Crippen LogP contribution in [0.15, 0.2) is 78.9 Å². The molecule has 1 aromatic heterocycles. The maximum atomic E-state index is 13.6. The Morgan fingerprint density at radius 2 is 1.61 bits per heavy atom. The molecule has 0 aliphatic carbocycles. The Morgan fingerprint density at radius 3 is 2.21 bits per heavy atom. The minimum absolute atomic E-state index is 0.0587. The zero-order valence-electron chi connectivity index (χ0n) is 18.5. The van der Waals surface area contributed by atoms with E-state index in [-0.39, 0.29) is 17.9 Å². The van der Waals surface area contributed by atoms with Crippen LogP contribution in [0.25, 0.3) is 10.2 Å². The fourth-order valence-electron chi connectivity index (χ4n) is 4.35. The van der Waals surface area contributed by atoms with Crippen molar-refractivity contribution in [1.29, 1.82) is 0 Å². The molecule has 0 unspecified atom stereocenters. The highest BCUT2D eigenvalue weighted by Gasteiger charge is 2.31. The van der Waals surface area contributed by atoms with Gasteiger partial charge in [-0.2, -0.15) is 0 Å². The fourth-order valence-corrected chi connectivity index (χ4v) is 5.21. The van der Waals surface area contributed by atoms with Crippen molar-refractivity contribution in [1.82, 2.24) is 9.88 Å². The number of benzene rings is 3. The Kier molecular flexibility index (Phi) is 6.26. The molecule has 1 fully saturated rings. The summed E-state index contributed by atoms with van der Waals surface area (Å²) in [5.41, 5.74) is 2.93. The van der Waals surface area contributed by atoms with Crippen LogP contribution < -0.4 is 9.47 Å². The van der Waals surface area contributed by atoms with E-state index in [4.69, 9.17) is 9.47 Å². The first-order chi connectivity index (χ1) is 16.2. The van der Waals surface area contributed by atoms with Crippen molar-refractivity contribution in [2.24, 2.45) is 0 Å². The van der Waals surface area contributed by atoms with Crippen molar-refractivity contribution in [2.45, 2.75) is 24.9 Å². The van der Waals surface area contributed by atoms with Crippen LogP contribution in [0, 0.1) is 0 Å². The van der Waals surface area contributed by atoms with Gasteiger partial charge in [0.2, 0.25) is 5.91 Å².